The van der Waals surface area contributed by atoms with Crippen LogP contribution in [0.3, 0.4) is 0 Å². The Hall–Kier alpha value is -1.96. The van der Waals surface area contributed by atoms with Gasteiger partial charge in [0.2, 0.25) is 11.9 Å². The van der Waals surface area contributed by atoms with Gasteiger partial charge in [-0.2, -0.15) is 0 Å². The van der Waals surface area contributed by atoms with Crippen LogP contribution in [-0.4, -0.2) is 28.8 Å². The molecule has 2 amide bonds. The summed E-state index contributed by atoms with van der Waals surface area (Å²) in [6, 6.07) is 1.11. The summed E-state index contributed by atoms with van der Waals surface area (Å²) in [4.78, 5) is 33.9. The Kier molecular flexibility index (Phi) is 3.17. The fourth-order valence-corrected chi connectivity index (χ4v) is 2.76. The molecule has 0 unspecified atom stereocenters. The molecular weight excluding hydrogens is 282 g/mol. The Bertz CT molecular complexity index is 581. The van der Waals surface area contributed by atoms with E-state index in [1.165, 1.54) is 11.3 Å². The van der Waals surface area contributed by atoms with Crippen molar-refractivity contribution in [3.63, 3.8) is 0 Å². The van der Waals surface area contributed by atoms with Gasteiger partial charge in [0, 0.05) is 17.4 Å². The summed E-state index contributed by atoms with van der Waals surface area (Å²) in [5.74, 6) is -1.16. The lowest BCUT2D eigenvalue weighted by molar-refractivity contribution is -0.497. The molecule has 20 heavy (non-hydrogen) atoms. The van der Waals surface area contributed by atoms with E-state index in [2.05, 4.69) is 10.6 Å². The van der Waals surface area contributed by atoms with Gasteiger partial charge in [0.05, 0.1) is 5.56 Å². The van der Waals surface area contributed by atoms with Gasteiger partial charge < -0.3 is 10.6 Å². The third-order valence-corrected chi connectivity index (χ3v) is 4.25. The number of rotatable bonds is 5. The molecule has 2 fully saturated rings. The molecule has 2 aliphatic rings. The maximum atomic E-state index is 12.0. The van der Waals surface area contributed by atoms with Gasteiger partial charge in [0.15, 0.2) is 0 Å². The molecular formula is C12H13N3O4S. The lowest BCUT2D eigenvalue weighted by Crippen LogP contribution is -2.26. The van der Waals surface area contributed by atoms with E-state index in [1.54, 1.807) is 11.4 Å². The van der Waals surface area contributed by atoms with E-state index in [4.69, 9.17) is 0 Å². The molecule has 1 aromatic heterocycles. The Morgan fingerprint density at radius 3 is 2.75 bits per heavy atom. The number of nitrogens with one attached hydrogen (secondary N) is 2. The van der Waals surface area contributed by atoms with Crippen LogP contribution in [-0.2, 0) is 4.79 Å². The van der Waals surface area contributed by atoms with Gasteiger partial charge in [0.25, 0.3) is 5.91 Å². The highest BCUT2D eigenvalue weighted by Gasteiger charge is 2.53. The van der Waals surface area contributed by atoms with Gasteiger partial charge in [-0.05, 0) is 24.3 Å². The zero-order valence-electron chi connectivity index (χ0n) is 10.5. The molecule has 1 heterocycles. The second-order valence-corrected chi connectivity index (χ2v) is 6.01. The monoisotopic (exact) mass is 295 g/mol. The van der Waals surface area contributed by atoms with Crippen LogP contribution >= 0.6 is 11.3 Å². The number of carbonyl (C=O) groups excluding carboxylic acids is 2. The number of anilines is 1. The molecule has 7 nitrogen and oxygen atoms in total. The van der Waals surface area contributed by atoms with Crippen LogP contribution in [0.5, 0.6) is 0 Å². The maximum Gasteiger partial charge on any atom is 0.254 e. The van der Waals surface area contributed by atoms with Crippen LogP contribution in [0.25, 0.3) is 0 Å². The number of hydrogen-bond acceptors (Lipinski definition) is 5. The van der Waals surface area contributed by atoms with E-state index in [9.17, 15) is 19.7 Å². The van der Waals surface area contributed by atoms with Crippen molar-refractivity contribution < 1.29 is 14.5 Å². The van der Waals surface area contributed by atoms with Gasteiger partial charge in [0.1, 0.15) is 10.9 Å². The highest BCUT2D eigenvalue weighted by molar-refractivity contribution is 7.14. The van der Waals surface area contributed by atoms with Crippen molar-refractivity contribution in [2.24, 2.45) is 5.92 Å². The molecule has 0 saturated heterocycles. The fraction of sp³-hybridized carbons (Fsp3) is 0.500. The summed E-state index contributed by atoms with van der Waals surface area (Å²) >= 11 is 1.25. The SMILES string of the molecule is O=C(NC1CC1)c1ccsc1NC(=O)[C@@H]1C[C@H]1[N+](=O)[O-]. The summed E-state index contributed by atoms with van der Waals surface area (Å²) in [5, 5.41) is 18.2. The Morgan fingerprint density at radius 1 is 1.40 bits per heavy atom. The number of thiophene rings is 1. The Labute approximate surface area is 118 Å². The summed E-state index contributed by atoms with van der Waals surface area (Å²) in [5.41, 5.74) is 0.425. The first-order valence-corrected chi connectivity index (χ1v) is 7.27. The lowest BCUT2D eigenvalue weighted by atomic mass is 10.3. The van der Waals surface area contributed by atoms with Crippen molar-refractivity contribution in [3.8, 4) is 0 Å². The summed E-state index contributed by atoms with van der Waals surface area (Å²) in [7, 11) is 0. The van der Waals surface area contributed by atoms with E-state index in [0.717, 1.165) is 12.8 Å². The molecule has 3 rings (SSSR count). The van der Waals surface area contributed by atoms with Crippen molar-refractivity contribution in [3.05, 3.63) is 27.1 Å². The molecule has 0 aromatic carbocycles. The van der Waals surface area contributed by atoms with E-state index in [-0.39, 0.29) is 24.3 Å². The third-order valence-electron chi connectivity index (χ3n) is 3.42. The molecule has 1 aromatic rings. The first kappa shape index (κ1) is 13.0. The number of carbonyl (C=O) groups is 2. The van der Waals surface area contributed by atoms with Gasteiger partial charge in [-0.1, -0.05) is 0 Å². The molecule has 2 saturated carbocycles. The van der Waals surface area contributed by atoms with Gasteiger partial charge in [-0.25, -0.2) is 0 Å². The Morgan fingerprint density at radius 2 is 2.15 bits per heavy atom. The highest BCUT2D eigenvalue weighted by Crippen LogP contribution is 2.35. The van der Waals surface area contributed by atoms with Crippen molar-refractivity contribution in [1.82, 2.24) is 5.32 Å². The molecule has 0 aliphatic heterocycles. The number of nitro groups is 1. The van der Waals surface area contributed by atoms with Crippen molar-refractivity contribution in [2.45, 2.75) is 31.3 Å². The average molecular weight is 295 g/mol. The van der Waals surface area contributed by atoms with E-state index in [1.807, 2.05) is 0 Å². The molecule has 106 valence electrons. The zero-order valence-corrected chi connectivity index (χ0v) is 11.3. The molecule has 0 bridgehead atoms. The second kappa shape index (κ2) is 4.86. The van der Waals surface area contributed by atoms with Gasteiger partial charge in [-0.3, -0.25) is 19.7 Å². The molecule has 0 spiro atoms. The minimum atomic E-state index is -0.779. The number of hydrogen-bond donors (Lipinski definition) is 2. The van der Waals surface area contributed by atoms with E-state index >= 15 is 0 Å². The molecule has 2 aliphatic carbocycles. The predicted molar refractivity (Wildman–Crippen MR) is 72.3 cm³/mol. The minimum Gasteiger partial charge on any atom is -0.349 e. The van der Waals surface area contributed by atoms with Crippen molar-refractivity contribution in [1.29, 1.82) is 0 Å². The average Bonchev–Trinajstić information content (AvgIpc) is 3.29. The van der Waals surface area contributed by atoms with Crippen LogP contribution in [0, 0.1) is 16.0 Å². The highest BCUT2D eigenvalue weighted by atomic mass is 32.1. The summed E-state index contributed by atoms with van der Waals surface area (Å²) in [6.45, 7) is 0. The van der Waals surface area contributed by atoms with Crippen LogP contribution in [0.2, 0.25) is 0 Å². The lowest BCUT2D eigenvalue weighted by Gasteiger charge is -2.06. The molecule has 2 N–H and O–H groups in total. The first-order valence-electron chi connectivity index (χ1n) is 6.39. The Balaban J connectivity index is 1.63. The number of nitrogens with zero attached hydrogens (tertiary/aromatic N) is 1. The second-order valence-electron chi connectivity index (χ2n) is 5.10. The standard InChI is InChI=1S/C12H13N3O4S/c16-10(13-6-1-2-6)7-3-4-20-12(7)14-11(17)8-5-9(8)15(18)19/h3-4,6,8-9H,1-2,5H2,(H,13,16)(H,14,17)/t8-,9-/m1/s1. The zero-order chi connectivity index (χ0) is 14.3. The minimum absolute atomic E-state index is 0.203. The topological polar surface area (TPSA) is 101 Å². The van der Waals surface area contributed by atoms with Crippen LogP contribution in [0.15, 0.2) is 11.4 Å². The molecule has 0 radical (unpaired) electrons. The van der Waals surface area contributed by atoms with E-state index in [0.29, 0.717) is 10.6 Å². The van der Waals surface area contributed by atoms with Crippen LogP contribution < -0.4 is 10.6 Å². The largest absolute Gasteiger partial charge is 0.349 e. The fourth-order valence-electron chi connectivity index (χ4n) is 1.98. The molecule has 8 heteroatoms. The summed E-state index contributed by atoms with van der Waals surface area (Å²) < 4.78 is 0. The van der Waals surface area contributed by atoms with Crippen LogP contribution in [0.1, 0.15) is 29.6 Å². The normalized spacial score (nSPS) is 24.0. The van der Waals surface area contributed by atoms with Gasteiger partial charge >= 0.3 is 0 Å². The van der Waals surface area contributed by atoms with Gasteiger partial charge in [-0.15, -0.1) is 11.3 Å². The molecule has 2 atom stereocenters. The number of amides is 2. The van der Waals surface area contributed by atoms with Crippen LogP contribution in [0.4, 0.5) is 5.00 Å². The van der Waals surface area contributed by atoms with Crippen molar-refractivity contribution in [2.75, 3.05) is 5.32 Å². The quantitative estimate of drug-likeness (QED) is 0.630. The summed E-state index contributed by atoms with van der Waals surface area (Å²) in [6.07, 6.45) is 2.25. The maximum absolute atomic E-state index is 12.0. The third kappa shape index (κ3) is 2.64. The smallest absolute Gasteiger partial charge is 0.254 e. The van der Waals surface area contributed by atoms with E-state index < -0.39 is 16.9 Å². The van der Waals surface area contributed by atoms with Crippen molar-refractivity contribution >= 4 is 28.2 Å². The predicted octanol–water partition coefficient (Wildman–Crippen LogP) is 1.24. The first-order chi connectivity index (χ1) is 9.56.